The molecule has 0 spiro atoms. The van der Waals surface area contributed by atoms with E-state index in [-0.39, 0.29) is 0 Å². The molecule has 1 aliphatic carbocycles. The maximum Gasteiger partial charge on any atom is 0.0587 e. The third-order valence-corrected chi connectivity index (χ3v) is 4.29. The van der Waals surface area contributed by atoms with Gasteiger partial charge >= 0.3 is 0 Å². The summed E-state index contributed by atoms with van der Waals surface area (Å²) < 4.78 is 5.11. The quantitative estimate of drug-likeness (QED) is 0.758. The van der Waals surface area contributed by atoms with Crippen molar-refractivity contribution in [3.05, 3.63) is 35.4 Å². The van der Waals surface area contributed by atoms with Crippen LogP contribution in [0.3, 0.4) is 0 Å². The Kier molecular flexibility index (Phi) is 5.87. The van der Waals surface area contributed by atoms with Gasteiger partial charge in [0.05, 0.1) is 6.61 Å². The van der Waals surface area contributed by atoms with Crippen LogP contribution in [0.4, 0.5) is 0 Å². The first kappa shape index (κ1) is 14.5. The van der Waals surface area contributed by atoms with Gasteiger partial charge in [-0.3, -0.25) is 0 Å². The molecule has 0 aromatic heterocycles. The Morgan fingerprint density at radius 1 is 1.32 bits per heavy atom. The van der Waals surface area contributed by atoms with Crippen LogP contribution in [0.2, 0.25) is 0 Å². The van der Waals surface area contributed by atoms with E-state index in [0.717, 1.165) is 25.6 Å². The van der Waals surface area contributed by atoms with E-state index in [1.165, 1.54) is 36.8 Å². The molecule has 0 saturated heterocycles. The smallest absolute Gasteiger partial charge is 0.0587 e. The summed E-state index contributed by atoms with van der Waals surface area (Å²) in [7, 11) is 1.76. The summed E-state index contributed by atoms with van der Waals surface area (Å²) in [6, 6.07) is 9.05. The molecule has 0 heterocycles. The van der Waals surface area contributed by atoms with Gasteiger partial charge in [0.25, 0.3) is 0 Å². The summed E-state index contributed by atoms with van der Waals surface area (Å²) in [6.07, 6.45) is 5.60. The van der Waals surface area contributed by atoms with E-state index in [4.69, 9.17) is 4.74 Å². The van der Waals surface area contributed by atoms with Gasteiger partial charge in [-0.1, -0.05) is 42.7 Å². The van der Waals surface area contributed by atoms with Gasteiger partial charge in [-0.15, -0.1) is 0 Å². The Morgan fingerprint density at radius 2 is 2.11 bits per heavy atom. The van der Waals surface area contributed by atoms with Crippen LogP contribution < -0.4 is 5.32 Å². The molecule has 106 valence electrons. The molecule has 1 aromatic rings. The van der Waals surface area contributed by atoms with Gasteiger partial charge in [0.15, 0.2) is 0 Å². The van der Waals surface area contributed by atoms with Gasteiger partial charge in [-0.05, 0) is 37.2 Å². The molecule has 0 amide bonds. The van der Waals surface area contributed by atoms with Crippen LogP contribution in [0.1, 0.15) is 42.7 Å². The van der Waals surface area contributed by atoms with Crippen molar-refractivity contribution in [1.29, 1.82) is 0 Å². The zero-order chi connectivity index (χ0) is 13.5. The normalized spacial score (nSPS) is 17.8. The van der Waals surface area contributed by atoms with Crippen molar-refractivity contribution in [2.45, 2.75) is 38.5 Å². The summed E-state index contributed by atoms with van der Waals surface area (Å²) in [5.41, 5.74) is 2.88. The minimum Gasteiger partial charge on any atom is -0.383 e. The highest BCUT2D eigenvalue weighted by atomic mass is 16.5. The predicted molar refractivity (Wildman–Crippen MR) is 80.6 cm³/mol. The monoisotopic (exact) mass is 261 g/mol. The second-order valence-corrected chi connectivity index (χ2v) is 5.76. The second kappa shape index (κ2) is 7.66. The fourth-order valence-corrected chi connectivity index (χ4v) is 3.25. The van der Waals surface area contributed by atoms with E-state index in [1.807, 2.05) is 0 Å². The average Bonchev–Trinajstić information content (AvgIpc) is 2.92. The molecule has 0 radical (unpaired) electrons. The van der Waals surface area contributed by atoms with E-state index in [1.54, 1.807) is 7.11 Å². The number of rotatable bonds is 7. The van der Waals surface area contributed by atoms with E-state index < -0.39 is 0 Å². The molecule has 0 aliphatic heterocycles. The Morgan fingerprint density at radius 3 is 2.79 bits per heavy atom. The van der Waals surface area contributed by atoms with Gasteiger partial charge in [-0.25, -0.2) is 0 Å². The van der Waals surface area contributed by atoms with Gasteiger partial charge < -0.3 is 10.1 Å². The molecule has 1 aliphatic rings. The van der Waals surface area contributed by atoms with Crippen molar-refractivity contribution < 1.29 is 4.74 Å². The summed E-state index contributed by atoms with van der Waals surface area (Å²) >= 11 is 0. The first-order chi connectivity index (χ1) is 9.31. The number of hydrogen-bond acceptors (Lipinski definition) is 2. The minimum absolute atomic E-state index is 0.666. The summed E-state index contributed by atoms with van der Waals surface area (Å²) in [5.74, 6) is 1.52. The number of benzene rings is 1. The van der Waals surface area contributed by atoms with Crippen LogP contribution in [0.15, 0.2) is 24.3 Å². The van der Waals surface area contributed by atoms with Crippen molar-refractivity contribution in [1.82, 2.24) is 5.32 Å². The van der Waals surface area contributed by atoms with Gasteiger partial charge in [0.2, 0.25) is 0 Å². The first-order valence-electron chi connectivity index (χ1n) is 7.57. The molecule has 1 atom stereocenters. The zero-order valence-electron chi connectivity index (χ0n) is 12.3. The molecule has 1 fully saturated rings. The van der Waals surface area contributed by atoms with Crippen LogP contribution in [0.25, 0.3) is 0 Å². The maximum absolute atomic E-state index is 5.11. The van der Waals surface area contributed by atoms with Crippen LogP contribution in [0.5, 0.6) is 0 Å². The van der Waals surface area contributed by atoms with Crippen LogP contribution >= 0.6 is 0 Å². The highest BCUT2D eigenvalue weighted by Gasteiger charge is 2.25. The Labute approximate surface area is 117 Å². The molecule has 2 heteroatoms. The van der Waals surface area contributed by atoms with Crippen molar-refractivity contribution in [2.75, 3.05) is 26.8 Å². The minimum atomic E-state index is 0.666. The van der Waals surface area contributed by atoms with Crippen LogP contribution in [-0.2, 0) is 4.74 Å². The molecule has 2 nitrogen and oxygen atoms in total. The summed E-state index contributed by atoms with van der Waals surface area (Å²) in [4.78, 5) is 0. The topological polar surface area (TPSA) is 21.3 Å². The molecule has 1 N–H and O–H groups in total. The zero-order valence-corrected chi connectivity index (χ0v) is 12.3. The van der Waals surface area contributed by atoms with Gasteiger partial charge in [0, 0.05) is 20.2 Å². The van der Waals surface area contributed by atoms with E-state index >= 15 is 0 Å². The van der Waals surface area contributed by atoms with Gasteiger partial charge in [0.1, 0.15) is 0 Å². The largest absolute Gasteiger partial charge is 0.383 e. The summed E-state index contributed by atoms with van der Waals surface area (Å²) in [6.45, 7) is 5.02. The molecule has 0 bridgehead atoms. The number of aryl methyl sites for hydroxylation is 1. The molecule has 19 heavy (non-hydrogen) atoms. The van der Waals surface area contributed by atoms with Crippen molar-refractivity contribution in [2.24, 2.45) is 5.92 Å². The molecule has 1 aromatic carbocycles. The van der Waals surface area contributed by atoms with Crippen molar-refractivity contribution in [3.8, 4) is 0 Å². The van der Waals surface area contributed by atoms with Crippen molar-refractivity contribution in [3.63, 3.8) is 0 Å². The van der Waals surface area contributed by atoms with E-state index in [0.29, 0.717) is 5.92 Å². The maximum atomic E-state index is 5.11. The third-order valence-electron chi connectivity index (χ3n) is 4.29. The highest BCUT2D eigenvalue weighted by Crippen LogP contribution is 2.37. The molecular formula is C17H27NO. The van der Waals surface area contributed by atoms with Crippen LogP contribution in [-0.4, -0.2) is 26.8 Å². The Hall–Kier alpha value is -0.860. The van der Waals surface area contributed by atoms with E-state index in [9.17, 15) is 0 Å². The second-order valence-electron chi connectivity index (χ2n) is 5.76. The molecule has 1 unspecified atom stereocenters. The Bertz CT molecular complexity index is 371. The van der Waals surface area contributed by atoms with Gasteiger partial charge in [-0.2, -0.15) is 0 Å². The molecule has 2 rings (SSSR count). The Balaban J connectivity index is 2.00. The molecular weight excluding hydrogens is 234 g/mol. The summed E-state index contributed by atoms with van der Waals surface area (Å²) in [5, 5.41) is 3.56. The number of ether oxygens (including phenoxy) is 1. The number of methoxy groups -OCH3 is 1. The fraction of sp³-hybridized carbons (Fsp3) is 0.647. The standard InChI is InChI=1S/C17H27NO/c1-14-6-5-9-16(12-14)17(13-18-10-11-19-2)15-7-3-4-8-15/h5-6,9,12,15,17-18H,3-4,7-8,10-11,13H2,1-2H3. The SMILES string of the molecule is COCCNCC(c1cccc(C)c1)C1CCCC1. The van der Waals surface area contributed by atoms with Crippen LogP contribution in [0, 0.1) is 12.8 Å². The lowest BCUT2D eigenvalue weighted by Crippen LogP contribution is -2.28. The van der Waals surface area contributed by atoms with Crippen molar-refractivity contribution >= 4 is 0 Å². The lowest BCUT2D eigenvalue weighted by molar-refractivity contribution is 0.198. The third kappa shape index (κ3) is 4.32. The molecule has 1 saturated carbocycles. The van der Waals surface area contributed by atoms with E-state index in [2.05, 4.69) is 36.5 Å². The highest BCUT2D eigenvalue weighted by molar-refractivity contribution is 5.26. The first-order valence-corrected chi connectivity index (χ1v) is 7.57. The lowest BCUT2D eigenvalue weighted by atomic mass is 9.84. The average molecular weight is 261 g/mol. The fourth-order valence-electron chi connectivity index (χ4n) is 3.25. The number of nitrogens with one attached hydrogen (secondary N) is 1. The number of hydrogen-bond donors (Lipinski definition) is 1. The lowest BCUT2D eigenvalue weighted by Gasteiger charge is -2.25. The predicted octanol–water partition coefficient (Wildman–Crippen LogP) is 3.50.